The number of hydrogen-bond acceptors (Lipinski definition) is 5. The van der Waals surface area contributed by atoms with E-state index in [4.69, 9.17) is 20.3 Å². The molecule has 0 aliphatic carbocycles. The Morgan fingerprint density at radius 3 is 2.07 bits per heavy atom. The lowest BCUT2D eigenvalue weighted by Gasteiger charge is -1.95. The topological polar surface area (TPSA) is 115 Å². The van der Waals surface area contributed by atoms with E-state index in [-0.39, 0.29) is 15.2 Å². The fraction of sp³-hybridized carbons (Fsp3) is 0. The first-order chi connectivity index (χ1) is 6.43. The van der Waals surface area contributed by atoms with Crippen molar-refractivity contribution in [3.63, 3.8) is 0 Å². The smallest absolute Gasteiger partial charge is 0.477 e. The molecule has 1 rings (SSSR count). The minimum atomic E-state index is -1.98. The van der Waals surface area contributed by atoms with Crippen molar-refractivity contribution in [2.24, 2.45) is 0 Å². The lowest BCUT2D eigenvalue weighted by molar-refractivity contribution is 0.0694. The van der Waals surface area contributed by atoms with Gasteiger partial charge in [0.15, 0.2) is 0 Å². The minimum absolute atomic E-state index is 0.245. The standard InChI is InChI=1S/C6H5BO6S/c8-5(9)3-1-2(7(12)13)4(14-3)6(10)11/h1,12-13H,(H,8,9)(H,10,11). The van der Waals surface area contributed by atoms with E-state index in [9.17, 15) is 9.59 Å². The Kier molecular flexibility index (Phi) is 2.89. The van der Waals surface area contributed by atoms with Crippen LogP contribution in [0.3, 0.4) is 0 Å². The molecule has 0 amide bonds. The van der Waals surface area contributed by atoms with Crippen LogP contribution >= 0.6 is 11.3 Å². The molecule has 0 aliphatic heterocycles. The maximum Gasteiger partial charge on any atom is 0.490 e. The van der Waals surface area contributed by atoms with Crippen LogP contribution in [-0.4, -0.2) is 39.3 Å². The van der Waals surface area contributed by atoms with Crippen LogP contribution in [0.25, 0.3) is 0 Å². The predicted molar refractivity (Wildman–Crippen MR) is 48.1 cm³/mol. The molecule has 0 saturated heterocycles. The van der Waals surface area contributed by atoms with Gasteiger partial charge in [-0.25, -0.2) is 9.59 Å². The molecular formula is C6H5BO6S. The van der Waals surface area contributed by atoms with Crippen LogP contribution in [0.1, 0.15) is 19.3 Å². The number of rotatable bonds is 3. The van der Waals surface area contributed by atoms with Gasteiger partial charge < -0.3 is 20.3 Å². The zero-order valence-corrected chi connectivity index (χ0v) is 7.48. The van der Waals surface area contributed by atoms with Gasteiger partial charge in [0, 0.05) is 5.46 Å². The highest BCUT2D eigenvalue weighted by Gasteiger charge is 2.25. The molecule has 4 N–H and O–H groups in total. The fourth-order valence-electron chi connectivity index (χ4n) is 0.869. The summed E-state index contributed by atoms with van der Waals surface area (Å²) in [5.74, 6) is -2.69. The van der Waals surface area contributed by atoms with Crippen LogP contribution < -0.4 is 5.46 Å². The van der Waals surface area contributed by atoms with Crippen molar-refractivity contribution in [1.82, 2.24) is 0 Å². The number of carboxylic acids is 2. The van der Waals surface area contributed by atoms with Gasteiger partial charge in [-0.1, -0.05) is 0 Å². The SMILES string of the molecule is O=C(O)c1cc(B(O)O)c(C(=O)O)s1. The van der Waals surface area contributed by atoms with E-state index in [0.29, 0.717) is 11.3 Å². The van der Waals surface area contributed by atoms with Gasteiger partial charge in [-0.2, -0.15) is 0 Å². The second-order valence-electron chi connectivity index (χ2n) is 2.38. The maximum atomic E-state index is 10.6. The minimum Gasteiger partial charge on any atom is -0.477 e. The van der Waals surface area contributed by atoms with Gasteiger partial charge in [0.25, 0.3) is 0 Å². The zero-order valence-electron chi connectivity index (χ0n) is 6.67. The molecule has 6 nitrogen and oxygen atoms in total. The summed E-state index contributed by atoms with van der Waals surface area (Å²) in [6.07, 6.45) is 0. The fourth-order valence-corrected chi connectivity index (χ4v) is 1.73. The van der Waals surface area contributed by atoms with Crippen molar-refractivity contribution >= 4 is 35.9 Å². The van der Waals surface area contributed by atoms with E-state index in [1.165, 1.54) is 0 Å². The number of hydrogen-bond donors (Lipinski definition) is 4. The molecule has 0 fully saturated rings. The molecule has 1 aromatic rings. The maximum absolute atomic E-state index is 10.6. The van der Waals surface area contributed by atoms with Gasteiger partial charge in [-0.15, -0.1) is 11.3 Å². The van der Waals surface area contributed by atoms with Crippen molar-refractivity contribution in [2.75, 3.05) is 0 Å². The first kappa shape index (κ1) is 10.7. The molecule has 1 heterocycles. The molecule has 0 aliphatic rings. The second-order valence-corrected chi connectivity index (χ2v) is 3.43. The van der Waals surface area contributed by atoms with Crippen molar-refractivity contribution in [1.29, 1.82) is 0 Å². The highest BCUT2D eigenvalue weighted by Crippen LogP contribution is 2.14. The van der Waals surface area contributed by atoms with Gasteiger partial charge in [0.05, 0.1) is 0 Å². The Labute approximate surface area is 82.2 Å². The van der Waals surface area contributed by atoms with E-state index in [1.54, 1.807) is 0 Å². The first-order valence-electron chi connectivity index (χ1n) is 3.40. The van der Waals surface area contributed by atoms with Gasteiger partial charge >= 0.3 is 19.1 Å². The van der Waals surface area contributed by atoms with Crippen LogP contribution in [0.15, 0.2) is 6.07 Å². The highest BCUT2D eigenvalue weighted by molar-refractivity contribution is 7.17. The molecule has 8 heteroatoms. The quantitative estimate of drug-likeness (QED) is 0.473. The van der Waals surface area contributed by atoms with E-state index < -0.39 is 19.1 Å². The van der Waals surface area contributed by atoms with Gasteiger partial charge in [-0.3, -0.25) is 0 Å². The van der Waals surface area contributed by atoms with Crippen LogP contribution in [0.4, 0.5) is 0 Å². The number of thiophene rings is 1. The van der Waals surface area contributed by atoms with Gasteiger partial charge in [-0.05, 0) is 6.07 Å². The summed E-state index contributed by atoms with van der Waals surface area (Å²) in [6.45, 7) is 0. The average Bonchev–Trinajstić information content (AvgIpc) is 2.47. The summed E-state index contributed by atoms with van der Waals surface area (Å²) in [5, 5.41) is 34.7. The number of carboxylic acid groups (broad SMARTS) is 2. The molecule has 74 valence electrons. The molecular weight excluding hydrogens is 211 g/mol. The van der Waals surface area contributed by atoms with Gasteiger partial charge in [0.1, 0.15) is 9.75 Å². The molecule has 0 aromatic carbocycles. The van der Waals surface area contributed by atoms with Crippen LogP contribution in [0.5, 0.6) is 0 Å². The van der Waals surface area contributed by atoms with Crippen molar-refractivity contribution < 1.29 is 29.9 Å². The predicted octanol–water partition coefficient (Wildman–Crippen LogP) is -1.18. The number of aromatic carboxylic acids is 2. The lowest BCUT2D eigenvalue weighted by atomic mass is 9.80. The van der Waals surface area contributed by atoms with E-state index >= 15 is 0 Å². The van der Waals surface area contributed by atoms with Crippen molar-refractivity contribution in [3.8, 4) is 0 Å². The average molecular weight is 216 g/mol. The molecule has 0 saturated carbocycles. The summed E-state index contributed by atoms with van der Waals surface area (Å²) in [6, 6.07) is 0.932. The lowest BCUT2D eigenvalue weighted by Crippen LogP contribution is -2.32. The van der Waals surface area contributed by atoms with Gasteiger partial charge in [0.2, 0.25) is 0 Å². The van der Waals surface area contributed by atoms with Crippen molar-refractivity contribution in [2.45, 2.75) is 0 Å². The number of carbonyl (C=O) groups is 2. The highest BCUT2D eigenvalue weighted by atomic mass is 32.1. The molecule has 0 radical (unpaired) electrons. The molecule has 14 heavy (non-hydrogen) atoms. The summed E-state index contributed by atoms with van der Waals surface area (Å²) in [7, 11) is -1.98. The third-order valence-electron chi connectivity index (χ3n) is 1.44. The molecule has 1 aromatic heterocycles. The van der Waals surface area contributed by atoms with E-state index in [2.05, 4.69) is 0 Å². The Bertz CT molecular complexity index is 384. The van der Waals surface area contributed by atoms with Crippen LogP contribution in [0.2, 0.25) is 0 Å². The summed E-state index contributed by atoms with van der Waals surface area (Å²) in [5.41, 5.74) is -0.306. The first-order valence-corrected chi connectivity index (χ1v) is 4.21. The third-order valence-corrected chi connectivity index (χ3v) is 2.57. The van der Waals surface area contributed by atoms with E-state index in [0.717, 1.165) is 6.07 Å². The summed E-state index contributed by atoms with van der Waals surface area (Å²) < 4.78 is 0. The van der Waals surface area contributed by atoms with E-state index in [1.807, 2.05) is 0 Å². The largest absolute Gasteiger partial charge is 0.490 e. The molecule has 0 spiro atoms. The summed E-state index contributed by atoms with van der Waals surface area (Å²) >= 11 is 0.485. The van der Waals surface area contributed by atoms with Crippen LogP contribution in [-0.2, 0) is 0 Å². The summed E-state index contributed by atoms with van der Waals surface area (Å²) in [4.78, 5) is 20.4. The Morgan fingerprint density at radius 1 is 1.21 bits per heavy atom. The molecule has 0 bridgehead atoms. The molecule has 0 atom stereocenters. The zero-order chi connectivity index (χ0) is 10.9. The Hall–Kier alpha value is -1.38. The second kappa shape index (κ2) is 3.78. The Morgan fingerprint density at radius 2 is 1.79 bits per heavy atom. The van der Waals surface area contributed by atoms with Crippen molar-refractivity contribution in [3.05, 3.63) is 15.8 Å². The molecule has 0 unspecified atom stereocenters. The monoisotopic (exact) mass is 216 g/mol. The van der Waals surface area contributed by atoms with Crippen LogP contribution in [0, 0.1) is 0 Å². The Balaban J connectivity index is 3.26. The third kappa shape index (κ3) is 1.92. The normalized spacial score (nSPS) is 9.86.